The highest BCUT2D eigenvalue weighted by molar-refractivity contribution is 7.98. The Balaban J connectivity index is 2.42. The molecule has 1 aliphatic heterocycles. The molecule has 1 nitrogen and oxygen atoms in total. The van der Waals surface area contributed by atoms with E-state index in [4.69, 9.17) is 12.2 Å². The highest BCUT2D eigenvalue weighted by Gasteiger charge is 2.23. The summed E-state index contributed by atoms with van der Waals surface area (Å²) in [4.78, 5) is 3.55. The first-order valence-electron chi connectivity index (χ1n) is 4.93. The van der Waals surface area contributed by atoms with Crippen molar-refractivity contribution in [3.8, 4) is 0 Å². The van der Waals surface area contributed by atoms with Crippen LogP contribution in [0, 0.1) is 5.92 Å². The summed E-state index contributed by atoms with van der Waals surface area (Å²) in [6, 6.07) is 0.586. The molecule has 3 heteroatoms. The minimum absolute atomic E-state index is 0.586. The second-order valence-corrected chi connectivity index (χ2v) is 5.38. The molecule has 1 atom stereocenters. The zero-order valence-electron chi connectivity index (χ0n) is 8.75. The number of hydrogen-bond donors (Lipinski definition) is 0. The highest BCUT2D eigenvalue weighted by atomic mass is 32.2. The summed E-state index contributed by atoms with van der Waals surface area (Å²) in [6.45, 7) is 5.62. The van der Waals surface area contributed by atoms with Gasteiger partial charge in [-0.3, -0.25) is 0 Å². The van der Waals surface area contributed by atoms with Crippen LogP contribution in [0.3, 0.4) is 0 Å². The summed E-state index contributed by atoms with van der Waals surface area (Å²) in [7, 11) is 0. The van der Waals surface area contributed by atoms with Crippen molar-refractivity contribution < 1.29 is 0 Å². The normalized spacial score (nSPS) is 24.2. The lowest BCUT2D eigenvalue weighted by Crippen LogP contribution is -2.42. The predicted molar refractivity (Wildman–Crippen MR) is 65.5 cm³/mol. The van der Waals surface area contributed by atoms with E-state index < -0.39 is 0 Å². The Morgan fingerprint density at radius 2 is 2.31 bits per heavy atom. The molecule has 1 aliphatic rings. The molecule has 13 heavy (non-hydrogen) atoms. The topological polar surface area (TPSA) is 3.24 Å². The van der Waals surface area contributed by atoms with E-state index in [1.54, 1.807) is 0 Å². The van der Waals surface area contributed by atoms with Crippen LogP contribution in [-0.2, 0) is 0 Å². The Kier molecular flexibility index (Phi) is 4.53. The van der Waals surface area contributed by atoms with Crippen molar-refractivity contribution in [2.75, 3.05) is 18.6 Å². The number of hydrogen-bond acceptors (Lipinski definition) is 2. The van der Waals surface area contributed by atoms with Gasteiger partial charge in [0.1, 0.15) is 0 Å². The molecule has 0 spiro atoms. The van der Waals surface area contributed by atoms with Gasteiger partial charge in [-0.05, 0) is 38.2 Å². The first kappa shape index (κ1) is 11.3. The average Bonchev–Trinajstić information content (AvgIpc) is 2.04. The van der Waals surface area contributed by atoms with Crippen molar-refractivity contribution >= 4 is 29.0 Å². The van der Waals surface area contributed by atoms with Gasteiger partial charge in [0.2, 0.25) is 0 Å². The first-order valence-corrected chi connectivity index (χ1v) is 6.73. The molecule has 1 saturated heterocycles. The van der Waals surface area contributed by atoms with Gasteiger partial charge in [-0.1, -0.05) is 12.2 Å². The van der Waals surface area contributed by atoms with E-state index in [1.165, 1.54) is 23.7 Å². The summed E-state index contributed by atoms with van der Waals surface area (Å²) in [6.07, 6.45) is 4.63. The second-order valence-electron chi connectivity index (χ2n) is 4.00. The Bertz CT molecular complexity index is 180. The number of rotatable bonds is 3. The molecule has 0 amide bonds. The quantitative estimate of drug-likeness (QED) is 0.669. The summed E-state index contributed by atoms with van der Waals surface area (Å²) in [5, 5.41) is 0. The third-order valence-electron chi connectivity index (χ3n) is 2.59. The standard InChI is InChI=1S/C10H19NS2/c1-8(2)11-5-4-9(7-13-3)6-10(11)12/h8-9H,4-7H2,1-3H3. The van der Waals surface area contributed by atoms with Crippen LogP contribution in [0.1, 0.15) is 26.7 Å². The highest BCUT2D eigenvalue weighted by Crippen LogP contribution is 2.23. The van der Waals surface area contributed by atoms with Gasteiger partial charge in [-0.2, -0.15) is 11.8 Å². The zero-order chi connectivity index (χ0) is 9.84. The van der Waals surface area contributed by atoms with E-state index in [0.29, 0.717) is 6.04 Å². The van der Waals surface area contributed by atoms with Crippen molar-refractivity contribution in [2.24, 2.45) is 5.92 Å². The van der Waals surface area contributed by atoms with Crippen LogP contribution >= 0.6 is 24.0 Å². The van der Waals surface area contributed by atoms with Crippen LogP contribution < -0.4 is 0 Å². The number of nitrogens with zero attached hydrogens (tertiary/aromatic N) is 1. The second kappa shape index (κ2) is 5.20. The number of piperidine rings is 1. The molecule has 1 heterocycles. The van der Waals surface area contributed by atoms with Crippen LogP contribution in [0.4, 0.5) is 0 Å². The van der Waals surface area contributed by atoms with Crippen molar-refractivity contribution in [1.29, 1.82) is 0 Å². The molecule has 0 radical (unpaired) electrons. The van der Waals surface area contributed by atoms with Crippen molar-refractivity contribution in [3.63, 3.8) is 0 Å². The summed E-state index contributed by atoms with van der Waals surface area (Å²) in [5.74, 6) is 2.10. The minimum Gasteiger partial charge on any atom is -0.364 e. The monoisotopic (exact) mass is 217 g/mol. The third kappa shape index (κ3) is 3.13. The maximum atomic E-state index is 5.41. The lowest BCUT2D eigenvalue weighted by atomic mass is 9.98. The smallest absolute Gasteiger partial charge is 0.0784 e. The lowest BCUT2D eigenvalue weighted by Gasteiger charge is -2.36. The van der Waals surface area contributed by atoms with Gasteiger partial charge in [0, 0.05) is 19.0 Å². The van der Waals surface area contributed by atoms with Crippen LogP contribution in [0.15, 0.2) is 0 Å². The fraction of sp³-hybridized carbons (Fsp3) is 0.900. The van der Waals surface area contributed by atoms with Crippen molar-refractivity contribution in [1.82, 2.24) is 4.90 Å². The molecule has 0 aromatic rings. The average molecular weight is 217 g/mol. The Morgan fingerprint density at radius 1 is 1.62 bits per heavy atom. The van der Waals surface area contributed by atoms with Crippen LogP contribution in [-0.4, -0.2) is 34.5 Å². The van der Waals surface area contributed by atoms with E-state index >= 15 is 0 Å². The van der Waals surface area contributed by atoms with Gasteiger partial charge in [-0.25, -0.2) is 0 Å². The molecular formula is C10H19NS2. The minimum atomic E-state index is 0.586. The molecule has 1 rings (SSSR count). The van der Waals surface area contributed by atoms with Crippen LogP contribution in [0.2, 0.25) is 0 Å². The lowest BCUT2D eigenvalue weighted by molar-refractivity contribution is 0.289. The van der Waals surface area contributed by atoms with Gasteiger partial charge in [0.25, 0.3) is 0 Å². The van der Waals surface area contributed by atoms with Gasteiger partial charge in [0.15, 0.2) is 0 Å². The van der Waals surface area contributed by atoms with Gasteiger partial charge in [0.05, 0.1) is 4.99 Å². The largest absolute Gasteiger partial charge is 0.364 e. The SMILES string of the molecule is CSCC1CCN(C(C)C)C(=S)C1. The van der Waals surface area contributed by atoms with E-state index in [0.717, 1.165) is 12.3 Å². The molecule has 0 bridgehead atoms. The van der Waals surface area contributed by atoms with Crippen molar-refractivity contribution in [3.05, 3.63) is 0 Å². The molecule has 0 aromatic carbocycles. The van der Waals surface area contributed by atoms with E-state index in [2.05, 4.69) is 25.0 Å². The molecule has 1 unspecified atom stereocenters. The molecule has 1 fully saturated rings. The Morgan fingerprint density at radius 3 is 2.77 bits per heavy atom. The van der Waals surface area contributed by atoms with Crippen LogP contribution in [0.25, 0.3) is 0 Å². The summed E-state index contributed by atoms with van der Waals surface area (Å²) >= 11 is 7.35. The Hall–Kier alpha value is 0.240. The van der Waals surface area contributed by atoms with Gasteiger partial charge in [-0.15, -0.1) is 0 Å². The zero-order valence-corrected chi connectivity index (χ0v) is 10.4. The molecular weight excluding hydrogens is 198 g/mol. The number of thiocarbonyl (C=S) groups is 1. The summed E-state index contributed by atoms with van der Waals surface area (Å²) in [5.41, 5.74) is 0. The fourth-order valence-electron chi connectivity index (χ4n) is 1.84. The van der Waals surface area contributed by atoms with Gasteiger partial charge < -0.3 is 4.90 Å². The van der Waals surface area contributed by atoms with Crippen LogP contribution in [0.5, 0.6) is 0 Å². The molecule has 0 aliphatic carbocycles. The maximum Gasteiger partial charge on any atom is 0.0784 e. The third-order valence-corrected chi connectivity index (χ3v) is 3.79. The molecule has 0 N–H and O–H groups in total. The maximum absolute atomic E-state index is 5.41. The van der Waals surface area contributed by atoms with E-state index in [1.807, 2.05) is 11.8 Å². The number of thioether (sulfide) groups is 1. The van der Waals surface area contributed by atoms with E-state index in [-0.39, 0.29) is 0 Å². The molecule has 0 saturated carbocycles. The van der Waals surface area contributed by atoms with Crippen molar-refractivity contribution in [2.45, 2.75) is 32.7 Å². The molecule has 0 aromatic heterocycles. The Labute approximate surface area is 91.3 Å². The van der Waals surface area contributed by atoms with Gasteiger partial charge >= 0.3 is 0 Å². The first-order chi connectivity index (χ1) is 6.15. The van der Waals surface area contributed by atoms with E-state index in [9.17, 15) is 0 Å². The predicted octanol–water partition coefficient (Wildman–Crippen LogP) is 2.80. The number of likely N-dealkylation sites (tertiary alicyclic amines) is 1. The summed E-state index contributed by atoms with van der Waals surface area (Å²) < 4.78 is 0. The molecule has 76 valence electrons. The fourth-order valence-corrected chi connectivity index (χ4v) is 3.13.